The summed E-state index contributed by atoms with van der Waals surface area (Å²) in [4.78, 5) is 0. The number of benzene rings is 11. The zero-order valence-electron chi connectivity index (χ0n) is 38.5. The van der Waals surface area contributed by atoms with Crippen molar-refractivity contribution in [2.45, 2.75) is 0 Å². The van der Waals surface area contributed by atoms with Crippen LogP contribution in [-0.4, -0.2) is 9.13 Å². The molecule has 2 heterocycles. The fourth-order valence-corrected chi connectivity index (χ4v) is 10.8. The van der Waals surface area contributed by atoms with Crippen LogP contribution in [0.5, 0.6) is 0 Å². The molecular weight excluding hydrogens is 845 g/mol. The maximum atomic E-state index is 2.45. The maximum Gasteiger partial charge on any atom is 0.0535 e. The van der Waals surface area contributed by atoms with Crippen molar-refractivity contribution in [3.63, 3.8) is 0 Å². The molecule has 0 aliphatic carbocycles. The largest absolute Gasteiger partial charge is 0.309 e. The quantitative estimate of drug-likeness (QED) is 0.128. The molecule has 13 rings (SSSR count). The third-order valence-electron chi connectivity index (χ3n) is 14.0. The third kappa shape index (κ3) is 7.13. The molecule has 0 bridgehead atoms. The molecule has 11 aromatic carbocycles. The Morgan fingerprint density at radius 2 is 0.571 bits per heavy atom. The van der Waals surface area contributed by atoms with E-state index in [0.717, 1.165) is 56.4 Å². The second-order valence-corrected chi connectivity index (χ2v) is 18.0. The first-order chi connectivity index (χ1) is 34.7. The van der Waals surface area contributed by atoms with Gasteiger partial charge in [-0.25, -0.2) is 0 Å². The molecule has 70 heavy (non-hydrogen) atoms. The number of nitrogens with zero attached hydrogens (tertiary/aromatic N) is 2. The number of hydrogen-bond donors (Lipinski definition) is 0. The number of rotatable bonds is 9. The monoisotopic (exact) mass is 890 g/mol. The van der Waals surface area contributed by atoms with Crippen molar-refractivity contribution in [2.24, 2.45) is 0 Å². The van der Waals surface area contributed by atoms with Gasteiger partial charge in [-0.3, -0.25) is 0 Å². The highest BCUT2D eigenvalue weighted by Crippen LogP contribution is 2.49. The van der Waals surface area contributed by atoms with Gasteiger partial charge in [0.25, 0.3) is 0 Å². The maximum absolute atomic E-state index is 2.45. The Labute approximate surface area is 408 Å². The average Bonchev–Trinajstić information content (AvgIpc) is 4.10. The van der Waals surface area contributed by atoms with Gasteiger partial charge >= 0.3 is 0 Å². The summed E-state index contributed by atoms with van der Waals surface area (Å²) >= 11 is 0. The summed E-state index contributed by atoms with van der Waals surface area (Å²) in [5, 5.41) is 7.19. The van der Waals surface area contributed by atoms with Crippen LogP contribution in [-0.2, 0) is 0 Å². The number of aromatic nitrogens is 2. The first-order valence-electron chi connectivity index (χ1n) is 24.1. The van der Waals surface area contributed by atoms with Crippen molar-refractivity contribution in [1.82, 2.24) is 9.13 Å². The van der Waals surface area contributed by atoms with Gasteiger partial charge in [-0.05, 0) is 143 Å². The van der Waals surface area contributed by atoms with Gasteiger partial charge in [0.2, 0.25) is 0 Å². The predicted molar refractivity (Wildman–Crippen MR) is 296 cm³/mol. The average molecular weight is 891 g/mol. The van der Waals surface area contributed by atoms with Crippen LogP contribution in [0.3, 0.4) is 0 Å². The molecule has 0 N–H and O–H groups in total. The second kappa shape index (κ2) is 17.4. The number of hydrogen-bond acceptors (Lipinski definition) is 0. The molecule has 0 saturated carbocycles. The van der Waals surface area contributed by atoms with Gasteiger partial charge in [-0.15, -0.1) is 0 Å². The van der Waals surface area contributed by atoms with E-state index in [1.807, 2.05) is 0 Å². The standard InChI is InChI=1S/C68H46N2/c1-6-21-48(22-7-1)57-32-18-19-33-58(57)68-60-39-37-55(69-63(49-23-8-2-9-24-49)40-41-64(69)50-25-10-3-11-26-50)45-61(60)67(54-35-34-47-20-16-17-31-53(47)44-54)59-38-36-56(46-62(59)68)70-65(51-27-12-4-13-28-51)42-43-66(70)52-29-14-5-15-30-52/h1-46H. The highest BCUT2D eigenvalue weighted by Gasteiger charge is 2.23. The smallest absolute Gasteiger partial charge is 0.0535 e. The van der Waals surface area contributed by atoms with Crippen molar-refractivity contribution < 1.29 is 0 Å². The highest BCUT2D eigenvalue weighted by molar-refractivity contribution is 6.23. The van der Waals surface area contributed by atoms with Crippen LogP contribution < -0.4 is 0 Å². The fraction of sp³-hybridized carbons (Fsp3) is 0. The lowest BCUT2D eigenvalue weighted by Crippen LogP contribution is -2.02. The topological polar surface area (TPSA) is 9.86 Å². The molecule has 2 aromatic heterocycles. The van der Waals surface area contributed by atoms with Crippen molar-refractivity contribution in [3.05, 3.63) is 279 Å². The molecule has 0 saturated heterocycles. The molecule has 0 spiro atoms. The van der Waals surface area contributed by atoms with Crippen LogP contribution in [0.2, 0.25) is 0 Å². The summed E-state index contributed by atoms with van der Waals surface area (Å²) in [5.74, 6) is 0. The van der Waals surface area contributed by atoms with Gasteiger partial charge in [0.15, 0.2) is 0 Å². The molecule has 0 amide bonds. The van der Waals surface area contributed by atoms with Crippen LogP contribution >= 0.6 is 0 Å². The van der Waals surface area contributed by atoms with E-state index in [4.69, 9.17) is 0 Å². The van der Waals surface area contributed by atoms with E-state index in [1.54, 1.807) is 0 Å². The van der Waals surface area contributed by atoms with Crippen molar-refractivity contribution in [1.29, 1.82) is 0 Å². The normalized spacial score (nSPS) is 11.4. The van der Waals surface area contributed by atoms with Crippen molar-refractivity contribution in [2.75, 3.05) is 0 Å². The lowest BCUT2D eigenvalue weighted by atomic mass is 9.83. The Balaban J connectivity index is 1.17. The number of fused-ring (bicyclic) bond motifs is 3. The summed E-state index contributed by atoms with van der Waals surface area (Å²) in [7, 11) is 0. The zero-order chi connectivity index (χ0) is 46.4. The minimum Gasteiger partial charge on any atom is -0.309 e. The first kappa shape index (κ1) is 41.0. The minimum absolute atomic E-state index is 1.10. The molecule has 0 atom stereocenters. The minimum atomic E-state index is 1.10. The van der Waals surface area contributed by atoms with E-state index in [-0.39, 0.29) is 0 Å². The van der Waals surface area contributed by atoms with Crippen LogP contribution in [0, 0.1) is 0 Å². The molecule has 2 nitrogen and oxygen atoms in total. The lowest BCUT2D eigenvalue weighted by molar-refractivity contribution is 1.10. The molecule has 0 aliphatic heterocycles. The van der Waals surface area contributed by atoms with Gasteiger partial charge in [0.05, 0.1) is 22.8 Å². The molecule has 0 unspecified atom stereocenters. The Morgan fingerprint density at radius 3 is 1.04 bits per heavy atom. The van der Waals surface area contributed by atoms with Gasteiger partial charge < -0.3 is 9.13 Å². The predicted octanol–water partition coefficient (Wildman–Crippen LogP) is 18.4. The first-order valence-corrected chi connectivity index (χ1v) is 24.1. The van der Waals surface area contributed by atoms with E-state index < -0.39 is 0 Å². The van der Waals surface area contributed by atoms with Gasteiger partial charge in [0.1, 0.15) is 0 Å². The Morgan fingerprint density at radius 1 is 0.200 bits per heavy atom. The summed E-state index contributed by atoms with van der Waals surface area (Å²) in [6, 6.07) is 102. The van der Waals surface area contributed by atoms with Crippen molar-refractivity contribution >= 4 is 32.3 Å². The molecule has 13 aromatic rings. The lowest BCUT2D eigenvalue weighted by Gasteiger charge is -2.23. The molecule has 0 aliphatic rings. The molecule has 2 heteroatoms. The fourth-order valence-electron chi connectivity index (χ4n) is 10.8. The van der Waals surface area contributed by atoms with Crippen LogP contribution in [0.1, 0.15) is 0 Å². The van der Waals surface area contributed by atoms with Crippen LogP contribution in [0.15, 0.2) is 279 Å². The second-order valence-electron chi connectivity index (χ2n) is 18.0. The summed E-state index contributed by atoms with van der Waals surface area (Å²) in [6.45, 7) is 0. The van der Waals surface area contributed by atoms with E-state index >= 15 is 0 Å². The molecule has 0 fully saturated rings. The highest BCUT2D eigenvalue weighted by atomic mass is 15.0. The van der Waals surface area contributed by atoms with E-state index in [1.165, 1.54) is 65.7 Å². The summed E-state index contributed by atoms with van der Waals surface area (Å²) in [6.07, 6.45) is 0. The molecule has 328 valence electrons. The van der Waals surface area contributed by atoms with Crippen LogP contribution in [0.4, 0.5) is 0 Å². The Kier molecular flexibility index (Phi) is 10.2. The third-order valence-corrected chi connectivity index (χ3v) is 14.0. The van der Waals surface area contributed by atoms with E-state index in [9.17, 15) is 0 Å². The molecular formula is C68H46N2. The Hall–Kier alpha value is -9.24. The van der Waals surface area contributed by atoms with E-state index in [0.29, 0.717) is 0 Å². The summed E-state index contributed by atoms with van der Waals surface area (Å²) < 4.78 is 4.89. The van der Waals surface area contributed by atoms with Crippen molar-refractivity contribution in [3.8, 4) is 89.8 Å². The zero-order valence-corrected chi connectivity index (χ0v) is 38.5. The summed E-state index contributed by atoms with van der Waals surface area (Å²) in [5.41, 5.74) is 18.6. The van der Waals surface area contributed by atoms with Crippen LogP contribution in [0.25, 0.3) is 122 Å². The van der Waals surface area contributed by atoms with Gasteiger partial charge in [-0.2, -0.15) is 0 Å². The van der Waals surface area contributed by atoms with Gasteiger partial charge in [0, 0.05) is 11.4 Å². The SMILES string of the molecule is c1ccc(-c2ccccc2-c2c3ccc(-n4c(-c5ccccc5)ccc4-c4ccccc4)cc3c(-c3ccc4ccccc4c3)c3ccc(-n4c(-c5ccccc5)ccc4-c4ccccc4)cc23)cc1. The van der Waals surface area contributed by atoms with Gasteiger partial charge in [-0.1, -0.05) is 224 Å². The Bertz CT molecular complexity index is 3900. The molecule has 0 radical (unpaired) electrons. The van der Waals surface area contributed by atoms with E-state index in [2.05, 4.69) is 288 Å².